The average Bonchev–Trinajstić information content (AvgIpc) is 2.73. The van der Waals surface area contributed by atoms with Crippen LogP contribution in [-0.4, -0.2) is 78.0 Å². The van der Waals surface area contributed by atoms with Gasteiger partial charge in [0, 0.05) is 11.2 Å². The van der Waals surface area contributed by atoms with Crippen molar-refractivity contribution < 1.29 is 43.9 Å². The summed E-state index contributed by atoms with van der Waals surface area (Å²) in [4.78, 5) is 41.3. The topological polar surface area (TPSA) is 182 Å². The molecule has 0 aliphatic rings. The Morgan fingerprint density at radius 3 is 1.74 bits per heavy atom. The number of aliphatic imine (C=N–C) groups is 2. The van der Waals surface area contributed by atoms with Crippen LogP contribution in [0.3, 0.4) is 0 Å². The van der Waals surface area contributed by atoms with E-state index in [1.807, 2.05) is 27.7 Å². The van der Waals surface area contributed by atoms with E-state index in [1.165, 1.54) is 0 Å². The van der Waals surface area contributed by atoms with E-state index in [0.717, 1.165) is 0 Å². The van der Waals surface area contributed by atoms with E-state index in [-0.39, 0.29) is 19.1 Å². The number of amides is 1. The molecule has 0 radical (unpaired) electrons. The van der Waals surface area contributed by atoms with Gasteiger partial charge in [0.2, 0.25) is 0 Å². The molecular formula is C27H49N3O9-2. The first-order valence-corrected chi connectivity index (χ1v) is 13.1. The van der Waals surface area contributed by atoms with Crippen molar-refractivity contribution in [1.29, 1.82) is 0 Å². The molecule has 0 rings (SSSR count). The van der Waals surface area contributed by atoms with Crippen molar-refractivity contribution in [3.8, 4) is 0 Å². The standard InChI is InChI=1S/C16H30N2O6.C11H21NO3/c1-7-23-12(19)9-17-14(21)13(20)11(8-10(2)3)18-15(22)24-16(4,5)6;1-8(2)6-9(7-13)12-10(14)15-11(3,4)5/h10-11,13,20H,7-9H2,1-6H3,(H,17,21)(H,18,22);7-9H,6H2,1-5H3,(H,12,14)/p-2/t11-,13?;9-/m00/s1. The third-order valence-corrected chi connectivity index (χ3v) is 4.26. The van der Waals surface area contributed by atoms with E-state index in [2.05, 4.69) is 20.0 Å². The summed E-state index contributed by atoms with van der Waals surface area (Å²) in [6.45, 7) is 19.6. The van der Waals surface area contributed by atoms with Crippen molar-refractivity contribution >= 4 is 30.3 Å². The Hall–Kier alpha value is -2.89. The van der Waals surface area contributed by atoms with Crippen LogP contribution in [0.2, 0.25) is 0 Å². The number of nitrogens with one attached hydrogen (secondary N) is 1. The number of aliphatic hydroxyl groups is 1. The van der Waals surface area contributed by atoms with Crippen LogP contribution >= 0.6 is 0 Å². The van der Waals surface area contributed by atoms with E-state index >= 15 is 0 Å². The lowest BCUT2D eigenvalue weighted by Gasteiger charge is -2.31. The van der Waals surface area contributed by atoms with Crippen LogP contribution in [0.25, 0.3) is 0 Å². The molecule has 0 saturated heterocycles. The van der Waals surface area contributed by atoms with Gasteiger partial charge in [0.05, 0.1) is 12.6 Å². The number of rotatable bonds is 12. The van der Waals surface area contributed by atoms with E-state index < -0.39 is 53.4 Å². The summed E-state index contributed by atoms with van der Waals surface area (Å²) >= 11 is 0. The lowest BCUT2D eigenvalue weighted by atomic mass is 9.99. The molecule has 0 aromatic rings. The highest BCUT2D eigenvalue weighted by atomic mass is 16.6. The summed E-state index contributed by atoms with van der Waals surface area (Å²) in [5, 5.41) is 35.5. The lowest BCUT2D eigenvalue weighted by Crippen LogP contribution is -2.45. The number of hydrogen-bond acceptors (Lipinski definition) is 11. The maximum atomic E-state index is 12.0. The molecule has 39 heavy (non-hydrogen) atoms. The molecule has 0 aromatic heterocycles. The third-order valence-electron chi connectivity index (χ3n) is 4.26. The van der Waals surface area contributed by atoms with Gasteiger partial charge in [0.15, 0.2) is 6.10 Å². The van der Waals surface area contributed by atoms with Gasteiger partial charge in [-0.2, -0.15) is 0 Å². The number of aldehydes is 1. The predicted molar refractivity (Wildman–Crippen MR) is 145 cm³/mol. The molecule has 0 spiro atoms. The first kappa shape index (κ1) is 38.3. The number of esters is 1. The van der Waals surface area contributed by atoms with Gasteiger partial charge in [-0.15, -0.1) is 0 Å². The molecule has 0 aliphatic carbocycles. The van der Waals surface area contributed by atoms with E-state index in [1.54, 1.807) is 48.5 Å². The molecule has 0 saturated carbocycles. The zero-order valence-electron chi connectivity index (χ0n) is 25.4. The second-order valence-electron chi connectivity index (χ2n) is 11.7. The van der Waals surface area contributed by atoms with Gasteiger partial charge in [-0.25, -0.2) is 0 Å². The summed E-state index contributed by atoms with van der Waals surface area (Å²) in [5.41, 5.74) is -1.29. The fraction of sp³-hybridized carbons (Fsp3) is 0.815. The second kappa shape index (κ2) is 18.4. The molecule has 2 N–H and O–H groups in total. The zero-order chi connectivity index (χ0) is 31.0. The Balaban J connectivity index is 0. The average molecular weight is 560 g/mol. The van der Waals surface area contributed by atoms with E-state index in [9.17, 15) is 29.7 Å². The monoisotopic (exact) mass is 559 g/mol. The fourth-order valence-corrected chi connectivity index (χ4v) is 2.85. The lowest BCUT2D eigenvalue weighted by molar-refractivity contribution is -0.262. The molecule has 0 aromatic carbocycles. The SMILES string of the molecule is CC(C)C[C@@H](C=O)N=C([O-])OC(C)(C)C.CCOC(=O)CNC(=O)C(O)[C@H](CC(C)C)N=C([O-])OC(C)(C)C. The largest absolute Gasteiger partial charge is 0.595 e. The van der Waals surface area contributed by atoms with Crippen molar-refractivity contribution in [2.24, 2.45) is 21.8 Å². The number of nitrogens with zero attached hydrogens (tertiary/aromatic N) is 2. The van der Waals surface area contributed by atoms with Gasteiger partial charge < -0.3 is 39.6 Å². The second-order valence-corrected chi connectivity index (χ2v) is 11.7. The molecule has 228 valence electrons. The maximum absolute atomic E-state index is 12.0. The Kier molecular flexibility index (Phi) is 18.1. The van der Waals surface area contributed by atoms with Crippen molar-refractivity contribution in [1.82, 2.24) is 5.32 Å². The number of ether oxygens (including phenoxy) is 3. The molecule has 1 amide bonds. The number of aliphatic hydroxyl groups excluding tert-OH is 1. The van der Waals surface area contributed by atoms with Crippen LogP contribution in [0.1, 0.15) is 89.0 Å². The minimum Gasteiger partial charge on any atom is -0.595 e. The maximum Gasteiger partial charge on any atom is 0.325 e. The minimum atomic E-state index is -1.56. The normalized spacial score (nSPS) is 15.0. The first-order chi connectivity index (χ1) is 17.7. The highest BCUT2D eigenvalue weighted by Crippen LogP contribution is 2.14. The minimum absolute atomic E-state index is 0.0914. The zero-order valence-corrected chi connectivity index (χ0v) is 25.4. The highest BCUT2D eigenvalue weighted by molar-refractivity contribution is 5.85. The highest BCUT2D eigenvalue weighted by Gasteiger charge is 2.27. The first-order valence-electron chi connectivity index (χ1n) is 13.1. The van der Waals surface area contributed by atoms with E-state index in [4.69, 9.17) is 9.47 Å². The molecule has 1 unspecified atom stereocenters. The quantitative estimate of drug-likeness (QED) is 0.153. The Morgan fingerprint density at radius 1 is 0.897 bits per heavy atom. The van der Waals surface area contributed by atoms with Crippen LogP contribution in [-0.2, 0) is 28.6 Å². The Morgan fingerprint density at radius 2 is 1.36 bits per heavy atom. The molecular weight excluding hydrogens is 510 g/mol. The van der Waals surface area contributed by atoms with Crippen molar-refractivity contribution in [2.45, 2.75) is 118 Å². The van der Waals surface area contributed by atoms with Crippen LogP contribution in [0.15, 0.2) is 9.98 Å². The van der Waals surface area contributed by atoms with Crippen LogP contribution < -0.4 is 15.5 Å². The van der Waals surface area contributed by atoms with Gasteiger partial charge in [0.1, 0.15) is 31.0 Å². The number of carbonyl (C=O) groups is 3. The molecule has 0 bridgehead atoms. The number of hydrogen-bond donors (Lipinski definition) is 2. The number of carbonyl (C=O) groups excluding carboxylic acids is 3. The molecule has 0 fully saturated rings. The van der Waals surface area contributed by atoms with E-state index in [0.29, 0.717) is 25.0 Å². The van der Waals surface area contributed by atoms with Gasteiger partial charge in [-0.3, -0.25) is 19.6 Å². The van der Waals surface area contributed by atoms with Crippen molar-refractivity contribution in [2.75, 3.05) is 13.2 Å². The van der Waals surface area contributed by atoms with Gasteiger partial charge in [-0.05, 0) is 31.6 Å². The van der Waals surface area contributed by atoms with Crippen LogP contribution in [0, 0.1) is 11.8 Å². The van der Waals surface area contributed by atoms with Gasteiger partial charge in [-0.1, -0.05) is 69.2 Å². The summed E-state index contributed by atoms with van der Waals surface area (Å²) in [5.74, 6) is -0.983. The Bertz CT molecular complexity index is 797. The fourth-order valence-electron chi connectivity index (χ4n) is 2.85. The molecule has 3 atom stereocenters. The van der Waals surface area contributed by atoms with Gasteiger partial charge in [0.25, 0.3) is 5.91 Å². The molecule has 12 heteroatoms. The smallest absolute Gasteiger partial charge is 0.325 e. The summed E-state index contributed by atoms with van der Waals surface area (Å²) in [7, 11) is 0. The third kappa shape index (κ3) is 22.8. The Labute approximate surface area is 233 Å². The van der Waals surface area contributed by atoms with Gasteiger partial charge >= 0.3 is 5.97 Å². The molecule has 12 nitrogen and oxygen atoms in total. The van der Waals surface area contributed by atoms with Crippen molar-refractivity contribution in [3.05, 3.63) is 0 Å². The molecule has 0 heterocycles. The summed E-state index contributed by atoms with van der Waals surface area (Å²) < 4.78 is 14.8. The van der Waals surface area contributed by atoms with Crippen LogP contribution in [0.4, 0.5) is 0 Å². The van der Waals surface area contributed by atoms with Crippen molar-refractivity contribution in [3.63, 3.8) is 0 Å². The summed E-state index contributed by atoms with van der Waals surface area (Å²) in [6.07, 6.45) is -1.50. The molecule has 0 aliphatic heterocycles. The van der Waals surface area contributed by atoms with Crippen LogP contribution in [0.5, 0.6) is 0 Å². The predicted octanol–water partition coefficient (Wildman–Crippen LogP) is 1.10. The summed E-state index contributed by atoms with van der Waals surface area (Å²) in [6, 6.07) is -1.54.